The van der Waals surface area contributed by atoms with Crippen molar-refractivity contribution in [1.82, 2.24) is 5.32 Å². The summed E-state index contributed by atoms with van der Waals surface area (Å²) in [6.07, 6.45) is -7.56. The van der Waals surface area contributed by atoms with Crippen LogP contribution in [0.3, 0.4) is 0 Å². The number of carbonyl (C=O) groups excluding carboxylic acids is 1. The summed E-state index contributed by atoms with van der Waals surface area (Å²) in [7, 11) is 0. The average molecular weight is 309 g/mol. The van der Waals surface area contributed by atoms with Gasteiger partial charge in [-0.05, 0) is 0 Å². The zero-order valence-electron chi connectivity index (χ0n) is 11.2. The lowest BCUT2D eigenvalue weighted by Gasteiger charge is -2.44. The van der Waals surface area contributed by atoms with Gasteiger partial charge in [-0.3, -0.25) is 4.79 Å². The topological polar surface area (TPSA) is 177 Å². The second-order valence-electron chi connectivity index (χ2n) is 4.91. The van der Waals surface area contributed by atoms with E-state index < -0.39 is 61.1 Å². The molecule has 1 fully saturated rings. The Kier molecular flexibility index (Phi) is 5.61. The van der Waals surface area contributed by atoms with Gasteiger partial charge in [-0.2, -0.15) is 0 Å². The second kappa shape index (κ2) is 6.64. The van der Waals surface area contributed by atoms with Crippen molar-refractivity contribution in [2.45, 2.75) is 49.6 Å². The van der Waals surface area contributed by atoms with Crippen LogP contribution in [-0.4, -0.2) is 85.4 Å². The number of hydrogen-bond acceptors (Lipinski definition) is 8. The van der Waals surface area contributed by atoms with E-state index >= 15 is 0 Å². The summed E-state index contributed by atoms with van der Waals surface area (Å²) in [6, 6.07) is -1.22. The highest BCUT2D eigenvalue weighted by molar-refractivity contribution is 5.76. The van der Waals surface area contributed by atoms with Crippen LogP contribution < -0.4 is 5.32 Å². The molecule has 1 rings (SSSR count). The minimum absolute atomic E-state index is 0.593. The lowest BCUT2D eigenvalue weighted by Crippen LogP contribution is -2.66. The number of aliphatic hydroxyl groups excluding tert-OH is 4. The van der Waals surface area contributed by atoms with E-state index in [1.54, 1.807) is 0 Å². The van der Waals surface area contributed by atoms with Crippen molar-refractivity contribution < 1.29 is 45.0 Å². The van der Waals surface area contributed by atoms with Crippen molar-refractivity contribution in [3.8, 4) is 0 Å². The summed E-state index contributed by atoms with van der Waals surface area (Å²) in [5.41, 5.74) is 0. The van der Waals surface area contributed by atoms with Gasteiger partial charge in [0.2, 0.25) is 5.91 Å². The van der Waals surface area contributed by atoms with Gasteiger partial charge in [-0.1, -0.05) is 0 Å². The van der Waals surface area contributed by atoms with Gasteiger partial charge in [0.05, 0.1) is 12.6 Å². The van der Waals surface area contributed by atoms with Crippen LogP contribution >= 0.6 is 0 Å². The number of carboxylic acids is 1. The third-order valence-corrected chi connectivity index (χ3v) is 3.22. The molecular formula is C11H19NO9. The smallest absolute Gasteiger partial charge is 0.364 e. The highest BCUT2D eigenvalue weighted by atomic mass is 16.7. The molecule has 1 heterocycles. The van der Waals surface area contributed by atoms with Crippen molar-refractivity contribution in [2.75, 3.05) is 6.61 Å². The summed E-state index contributed by atoms with van der Waals surface area (Å²) in [5, 5.41) is 59.0. The van der Waals surface area contributed by atoms with Gasteiger partial charge in [0.25, 0.3) is 5.79 Å². The lowest BCUT2D eigenvalue weighted by atomic mass is 9.89. The van der Waals surface area contributed by atoms with Crippen molar-refractivity contribution in [1.29, 1.82) is 0 Å². The summed E-state index contributed by atoms with van der Waals surface area (Å²) in [4.78, 5) is 22.1. The third-order valence-electron chi connectivity index (χ3n) is 3.22. The molecule has 1 aliphatic heterocycles. The lowest BCUT2D eigenvalue weighted by molar-refractivity contribution is -0.299. The Balaban J connectivity index is 3.05. The van der Waals surface area contributed by atoms with Crippen LogP contribution in [0.5, 0.6) is 0 Å². The van der Waals surface area contributed by atoms with Gasteiger partial charge in [-0.25, -0.2) is 4.79 Å². The molecule has 10 nitrogen and oxygen atoms in total. The molecule has 122 valence electrons. The molecule has 0 aromatic rings. The molecule has 1 amide bonds. The first kappa shape index (κ1) is 17.8. The predicted molar refractivity (Wildman–Crippen MR) is 64.8 cm³/mol. The van der Waals surface area contributed by atoms with Gasteiger partial charge >= 0.3 is 5.97 Å². The molecule has 0 bridgehead atoms. The Morgan fingerprint density at radius 1 is 1.43 bits per heavy atom. The predicted octanol–water partition coefficient (Wildman–Crippen LogP) is -3.87. The average Bonchev–Trinajstić information content (AvgIpc) is 2.40. The maximum absolute atomic E-state index is 11.1. The Hall–Kier alpha value is -1.30. The number of rotatable bonds is 5. The van der Waals surface area contributed by atoms with Crippen LogP contribution in [0.1, 0.15) is 13.3 Å². The Bertz CT molecular complexity index is 403. The molecule has 0 aromatic heterocycles. The molecule has 1 aliphatic rings. The molecule has 0 aliphatic carbocycles. The molecule has 0 aromatic carbocycles. The highest BCUT2D eigenvalue weighted by Crippen LogP contribution is 2.30. The quantitative estimate of drug-likeness (QED) is 0.268. The van der Waals surface area contributed by atoms with E-state index in [0.717, 1.165) is 6.92 Å². The molecule has 0 radical (unpaired) electrons. The number of amides is 1. The minimum atomic E-state index is -2.76. The first-order chi connectivity index (χ1) is 9.62. The number of aliphatic hydroxyl groups is 5. The van der Waals surface area contributed by atoms with Gasteiger partial charge in [-0.15, -0.1) is 0 Å². The molecule has 21 heavy (non-hydrogen) atoms. The van der Waals surface area contributed by atoms with E-state index in [9.17, 15) is 30.0 Å². The first-order valence-corrected chi connectivity index (χ1v) is 6.18. The Labute approximate surface area is 119 Å². The molecule has 0 saturated carbocycles. The largest absolute Gasteiger partial charge is 0.477 e. The highest BCUT2D eigenvalue weighted by Gasteiger charge is 2.53. The second-order valence-corrected chi connectivity index (χ2v) is 4.91. The number of hydrogen-bond donors (Lipinski definition) is 7. The zero-order chi connectivity index (χ0) is 16.4. The van der Waals surface area contributed by atoms with Gasteiger partial charge in [0.15, 0.2) is 0 Å². The van der Waals surface area contributed by atoms with Crippen molar-refractivity contribution in [3.63, 3.8) is 0 Å². The number of ether oxygens (including phenoxy) is 1. The van der Waals surface area contributed by atoms with E-state index in [-0.39, 0.29) is 0 Å². The van der Waals surface area contributed by atoms with Crippen molar-refractivity contribution in [3.05, 3.63) is 0 Å². The van der Waals surface area contributed by atoms with E-state index in [2.05, 4.69) is 5.32 Å². The van der Waals surface area contributed by atoms with E-state index in [4.69, 9.17) is 14.9 Å². The number of carbonyl (C=O) groups is 2. The monoisotopic (exact) mass is 309 g/mol. The first-order valence-electron chi connectivity index (χ1n) is 6.18. The maximum atomic E-state index is 11.1. The normalized spacial score (nSPS) is 35.8. The van der Waals surface area contributed by atoms with E-state index in [0.29, 0.717) is 0 Å². The van der Waals surface area contributed by atoms with Crippen LogP contribution in [0.25, 0.3) is 0 Å². The maximum Gasteiger partial charge on any atom is 0.364 e. The van der Waals surface area contributed by atoms with Crippen LogP contribution in [0, 0.1) is 0 Å². The van der Waals surface area contributed by atoms with Gasteiger partial charge < -0.3 is 40.7 Å². The van der Waals surface area contributed by atoms with Crippen LogP contribution in [-0.2, 0) is 14.3 Å². The standard InChI is InChI=1S/C11H19NO9/c1-4(14)12-5-2-11(20,10(18)19)21-9(7(5)16)8(17)6(15)3-13/h5-9,13,15-17,20H,2-3H2,1H3,(H,12,14)(H,18,19)/t5?,6-,7?,8-,9?,11?/m1/s1. The van der Waals surface area contributed by atoms with Gasteiger partial charge in [0, 0.05) is 13.3 Å². The fraction of sp³-hybridized carbons (Fsp3) is 0.818. The fourth-order valence-corrected chi connectivity index (χ4v) is 2.12. The van der Waals surface area contributed by atoms with Gasteiger partial charge in [0.1, 0.15) is 24.4 Å². The number of aliphatic carboxylic acids is 1. The van der Waals surface area contributed by atoms with Crippen molar-refractivity contribution >= 4 is 11.9 Å². The fourth-order valence-electron chi connectivity index (χ4n) is 2.12. The van der Waals surface area contributed by atoms with Crippen molar-refractivity contribution in [2.24, 2.45) is 0 Å². The van der Waals surface area contributed by atoms with Crippen LogP contribution in [0.15, 0.2) is 0 Å². The molecule has 1 saturated heterocycles. The minimum Gasteiger partial charge on any atom is -0.477 e. The zero-order valence-corrected chi connectivity index (χ0v) is 11.2. The summed E-state index contributed by atoms with van der Waals surface area (Å²) >= 11 is 0. The molecule has 7 N–H and O–H groups in total. The molecule has 4 unspecified atom stereocenters. The van der Waals surface area contributed by atoms with Crippen LogP contribution in [0.2, 0.25) is 0 Å². The third kappa shape index (κ3) is 3.87. The van der Waals surface area contributed by atoms with E-state index in [1.165, 1.54) is 0 Å². The number of carboxylic acid groups (broad SMARTS) is 1. The molecular weight excluding hydrogens is 290 g/mol. The SMILES string of the molecule is CC(=O)NC1CC(O)(C(=O)O)OC([C@H](O)[C@H](O)CO)C1O. The van der Waals surface area contributed by atoms with Crippen LogP contribution in [0.4, 0.5) is 0 Å². The molecule has 0 spiro atoms. The summed E-state index contributed by atoms with van der Waals surface area (Å²) in [5.74, 6) is -5.13. The molecule has 10 heteroatoms. The molecule has 6 atom stereocenters. The Morgan fingerprint density at radius 3 is 2.43 bits per heavy atom. The summed E-state index contributed by atoms with van der Waals surface area (Å²) in [6.45, 7) is 0.250. The summed E-state index contributed by atoms with van der Waals surface area (Å²) < 4.78 is 4.78. The Morgan fingerprint density at radius 2 is 2.00 bits per heavy atom. The van der Waals surface area contributed by atoms with E-state index in [1.807, 2.05) is 0 Å². The number of nitrogens with one attached hydrogen (secondary N) is 1.